The fraction of sp³-hybridized carbons (Fsp3) is 0.714. The molecular formula is C14H24N4. The SMILES string of the molecule is CCCc1nc(NCC)c(C)c(N2CCCC2)n1. The van der Waals surface area contributed by atoms with Gasteiger partial charge in [-0.1, -0.05) is 6.92 Å². The number of nitrogens with zero attached hydrogens (tertiary/aromatic N) is 3. The summed E-state index contributed by atoms with van der Waals surface area (Å²) in [5.41, 5.74) is 1.19. The van der Waals surface area contributed by atoms with Crippen LogP contribution in [-0.4, -0.2) is 29.6 Å². The zero-order valence-corrected chi connectivity index (χ0v) is 11.8. The predicted octanol–water partition coefficient (Wildman–Crippen LogP) is 2.77. The molecule has 0 unspecified atom stereocenters. The third-order valence-corrected chi connectivity index (χ3v) is 3.39. The number of anilines is 2. The van der Waals surface area contributed by atoms with Crippen molar-refractivity contribution in [3.8, 4) is 0 Å². The molecule has 1 aliphatic rings. The smallest absolute Gasteiger partial charge is 0.137 e. The third-order valence-electron chi connectivity index (χ3n) is 3.39. The van der Waals surface area contributed by atoms with Crippen LogP contribution in [0, 0.1) is 6.92 Å². The first kappa shape index (κ1) is 13.1. The topological polar surface area (TPSA) is 41.1 Å². The Bertz CT molecular complexity index is 397. The maximum atomic E-state index is 4.76. The Morgan fingerprint density at radius 2 is 1.89 bits per heavy atom. The Hall–Kier alpha value is -1.32. The molecule has 1 fully saturated rings. The lowest BCUT2D eigenvalue weighted by atomic mass is 10.2. The van der Waals surface area contributed by atoms with E-state index in [1.54, 1.807) is 0 Å². The summed E-state index contributed by atoms with van der Waals surface area (Å²) in [6, 6.07) is 0. The van der Waals surface area contributed by atoms with E-state index >= 15 is 0 Å². The van der Waals surface area contributed by atoms with Gasteiger partial charge in [-0.05, 0) is 33.1 Å². The molecule has 2 rings (SSSR count). The fourth-order valence-corrected chi connectivity index (χ4v) is 2.46. The molecule has 1 aliphatic heterocycles. The van der Waals surface area contributed by atoms with Gasteiger partial charge in [0.1, 0.15) is 17.5 Å². The molecule has 1 aromatic rings. The Labute approximate surface area is 110 Å². The number of aromatic nitrogens is 2. The second-order valence-corrected chi connectivity index (χ2v) is 4.91. The molecule has 0 bridgehead atoms. The highest BCUT2D eigenvalue weighted by molar-refractivity contribution is 5.59. The number of aryl methyl sites for hydroxylation is 1. The van der Waals surface area contributed by atoms with Gasteiger partial charge in [-0.2, -0.15) is 0 Å². The molecule has 1 aromatic heterocycles. The Kier molecular flexibility index (Phi) is 4.39. The molecule has 18 heavy (non-hydrogen) atoms. The zero-order chi connectivity index (χ0) is 13.0. The van der Waals surface area contributed by atoms with Crippen LogP contribution < -0.4 is 10.2 Å². The van der Waals surface area contributed by atoms with Gasteiger partial charge in [-0.25, -0.2) is 9.97 Å². The van der Waals surface area contributed by atoms with Crippen molar-refractivity contribution in [3.63, 3.8) is 0 Å². The zero-order valence-electron chi connectivity index (χ0n) is 11.8. The molecule has 0 amide bonds. The molecule has 0 spiro atoms. The molecule has 0 saturated carbocycles. The Morgan fingerprint density at radius 1 is 1.17 bits per heavy atom. The van der Waals surface area contributed by atoms with E-state index in [0.717, 1.165) is 49.9 Å². The summed E-state index contributed by atoms with van der Waals surface area (Å²) in [5, 5.41) is 3.36. The number of hydrogen-bond acceptors (Lipinski definition) is 4. The van der Waals surface area contributed by atoms with Gasteiger partial charge in [-0.3, -0.25) is 0 Å². The van der Waals surface area contributed by atoms with Gasteiger partial charge in [0, 0.05) is 31.6 Å². The van der Waals surface area contributed by atoms with Gasteiger partial charge in [0.05, 0.1) is 0 Å². The summed E-state index contributed by atoms with van der Waals surface area (Å²) in [6.07, 6.45) is 4.61. The van der Waals surface area contributed by atoms with Crippen LogP contribution in [-0.2, 0) is 6.42 Å². The number of rotatable bonds is 5. The van der Waals surface area contributed by atoms with E-state index in [1.807, 2.05) is 0 Å². The van der Waals surface area contributed by atoms with Crippen LogP contribution in [0.15, 0.2) is 0 Å². The van der Waals surface area contributed by atoms with Crippen molar-refractivity contribution in [3.05, 3.63) is 11.4 Å². The van der Waals surface area contributed by atoms with Crippen LogP contribution in [0.1, 0.15) is 44.5 Å². The van der Waals surface area contributed by atoms with Crippen molar-refractivity contribution >= 4 is 11.6 Å². The summed E-state index contributed by atoms with van der Waals surface area (Å²) < 4.78 is 0. The third kappa shape index (κ3) is 2.74. The second-order valence-electron chi connectivity index (χ2n) is 4.91. The lowest BCUT2D eigenvalue weighted by molar-refractivity contribution is 0.812. The highest BCUT2D eigenvalue weighted by Gasteiger charge is 2.19. The predicted molar refractivity (Wildman–Crippen MR) is 76.4 cm³/mol. The summed E-state index contributed by atoms with van der Waals surface area (Å²) >= 11 is 0. The van der Waals surface area contributed by atoms with Gasteiger partial charge in [-0.15, -0.1) is 0 Å². The van der Waals surface area contributed by atoms with E-state index < -0.39 is 0 Å². The average Bonchev–Trinajstić information content (AvgIpc) is 2.87. The summed E-state index contributed by atoms with van der Waals surface area (Å²) in [6.45, 7) is 9.58. The fourth-order valence-electron chi connectivity index (χ4n) is 2.46. The van der Waals surface area contributed by atoms with Crippen LogP contribution in [0.4, 0.5) is 11.6 Å². The largest absolute Gasteiger partial charge is 0.370 e. The van der Waals surface area contributed by atoms with Crippen molar-refractivity contribution in [2.45, 2.75) is 46.5 Å². The number of hydrogen-bond donors (Lipinski definition) is 1. The first-order chi connectivity index (χ1) is 8.76. The minimum absolute atomic E-state index is 0.906. The second kappa shape index (κ2) is 6.03. The Morgan fingerprint density at radius 3 is 2.50 bits per heavy atom. The van der Waals surface area contributed by atoms with Crippen LogP contribution in [0.2, 0.25) is 0 Å². The minimum Gasteiger partial charge on any atom is -0.370 e. The highest BCUT2D eigenvalue weighted by atomic mass is 15.2. The molecule has 1 N–H and O–H groups in total. The average molecular weight is 248 g/mol. The van der Waals surface area contributed by atoms with Gasteiger partial charge in [0.25, 0.3) is 0 Å². The van der Waals surface area contributed by atoms with Crippen molar-refractivity contribution in [2.24, 2.45) is 0 Å². The van der Waals surface area contributed by atoms with Crippen molar-refractivity contribution in [1.82, 2.24) is 9.97 Å². The van der Waals surface area contributed by atoms with E-state index in [0.29, 0.717) is 0 Å². The van der Waals surface area contributed by atoms with Crippen LogP contribution in [0.3, 0.4) is 0 Å². The lowest BCUT2D eigenvalue weighted by Gasteiger charge is -2.21. The molecule has 0 atom stereocenters. The number of nitrogens with one attached hydrogen (secondary N) is 1. The van der Waals surface area contributed by atoms with E-state index in [-0.39, 0.29) is 0 Å². The van der Waals surface area contributed by atoms with E-state index in [9.17, 15) is 0 Å². The van der Waals surface area contributed by atoms with Crippen molar-refractivity contribution < 1.29 is 0 Å². The summed E-state index contributed by atoms with van der Waals surface area (Å²) in [4.78, 5) is 11.8. The monoisotopic (exact) mass is 248 g/mol. The molecule has 0 radical (unpaired) electrons. The maximum Gasteiger partial charge on any atom is 0.137 e. The Balaban J connectivity index is 2.35. The molecule has 2 heterocycles. The summed E-state index contributed by atoms with van der Waals surface area (Å²) in [5.74, 6) is 3.13. The lowest BCUT2D eigenvalue weighted by Crippen LogP contribution is -2.22. The van der Waals surface area contributed by atoms with Gasteiger partial charge < -0.3 is 10.2 Å². The van der Waals surface area contributed by atoms with Crippen LogP contribution >= 0.6 is 0 Å². The standard InChI is InChI=1S/C14H24N4/c1-4-8-12-16-13(15-5-2)11(3)14(17-12)18-9-6-7-10-18/h4-10H2,1-3H3,(H,15,16,17). The van der Waals surface area contributed by atoms with Crippen molar-refractivity contribution in [2.75, 3.05) is 29.9 Å². The van der Waals surface area contributed by atoms with E-state index in [2.05, 4.69) is 36.0 Å². The maximum absolute atomic E-state index is 4.76. The minimum atomic E-state index is 0.906. The first-order valence-electron chi connectivity index (χ1n) is 7.12. The molecular weight excluding hydrogens is 224 g/mol. The molecule has 4 heteroatoms. The molecule has 100 valence electrons. The van der Waals surface area contributed by atoms with Crippen LogP contribution in [0.5, 0.6) is 0 Å². The normalized spacial score (nSPS) is 15.2. The molecule has 4 nitrogen and oxygen atoms in total. The van der Waals surface area contributed by atoms with Gasteiger partial charge in [0.2, 0.25) is 0 Å². The van der Waals surface area contributed by atoms with Crippen LogP contribution in [0.25, 0.3) is 0 Å². The molecule has 0 aliphatic carbocycles. The van der Waals surface area contributed by atoms with E-state index in [4.69, 9.17) is 4.98 Å². The summed E-state index contributed by atoms with van der Waals surface area (Å²) in [7, 11) is 0. The van der Waals surface area contributed by atoms with E-state index in [1.165, 1.54) is 18.4 Å². The quantitative estimate of drug-likeness (QED) is 0.870. The van der Waals surface area contributed by atoms with Crippen molar-refractivity contribution in [1.29, 1.82) is 0 Å². The molecule has 0 aromatic carbocycles. The highest BCUT2D eigenvalue weighted by Crippen LogP contribution is 2.26. The van der Waals surface area contributed by atoms with Gasteiger partial charge in [0.15, 0.2) is 0 Å². The first-order valence-corrected chi connectivity index (χ1v) is 7.12. The van der Waals surface area contributed by atoms with Gasteiger partial charge >= 0.3 is 0 Å². The molecule has 1 saturated heterocycles.